The molecule has 2 aromatic rings. The number of hydrogen-bond acceptors (Lipinski definition) is 5. The Bertz CT molecular complexity index is 884. The van der Waals surface area contributed by atoms with Crippen LogP contribution >= 0.6 is 0 Å². The number of pyridine rings is 2. The third-order valence-corrected chi connectivity index (χ3v) is 4.94. The molecule has 0 radical (unpaired) electrons. The van der Waals surface area contributed by atoms with Gasteiger partial charge in [0.1, 0.15) is 5.82 Å². The number of nitrogens with one attached hydrogen (secondary N) is 1. The van der Waals surface area contributed by atoms with Crippen LogP contribution in [0.25, 0.3) is 11.1 Å². The second kappa shape index (κ2) is 7.32. The SMILES string of the molecule is NC(=O)N1CCCc2cc(-c3cncc(CN4CCNC(=O)C4)c3)cnc21. The van der Waals surface area contributed by atoms with Gasteiger partial charge in [0.2, 0.25) is 5.91 Å². The number of primary amides is 1. The summed E-state index contributed by atoms with van der Waals surface area (Å²) >= 11 is 0. The van der Waals surface area contributed by atoms with Crippen molar-refractivity contribution in [1.29, 1.82) is 0 Å². The van der Waals surface area contributed by atoms with E-state index in [4.69, 9.17) is 5.73 Å². The Kier molecular flexibility index (Phi) is 4.72. The Labute approximate surface area is 157 Å². The number of carbonyl (C=O) groups is 2. The maximum absolute atomic E-state index is 11.6. The van der Waals surface area contributed by atoms with Crippen LogP contribution in [0.2, 0.25) is 0 Å². The molecule has 3 amide bonds. The average molecular weight is 366 g/mol. The molecule has 140 valence electrons. The predicted molar refractivity (Wildman–Crippen MR) is 101 cm³/mol. The van der Waals surface area contributed by atoms with Gasteiger partial charge in [0.05, 0.1) is 6.54 Å². The molecule has 2 aromatic heterocycles. The number of urea groups is 1. The predicted octanol–water partition coefficient (Wildman–Crippen LogP) is 0.907. The molecule has 0 spiro atoms. The minimum Gasteiger partial charge on any atom is -0.354 e. The van der Waals surface area contributed by atoms with Crippen molar-refractivity contribution in [2.75, 3.05) is 31.1 Å². The summed E-state index contributed by atoms with van der Waals surface area (Å²) in [7, 11) is 0. The van der Waals surface area contributed by atoms with Gasteiger partial charge in [0, 0.05) is 55.9 Å². The van der Waals surface area contributed by atoms with Crippen LogP contribution in [-0.4, -0.2) is 53.0 Å². The minimum atomic E-state index is -0.467. The van der Waals surface area contributed by atoms with Crippen LogP contribution in [0.1, 0.15) is 17.5 Å². The van der Waals surface area contributed by atoms with Crippen molar-refractivity contribution in [3.05, 3.63) is 41.9 Å². The molecule has 0 aliphatic carbocycles. The molecule has 2 aliphatic heterocycles. The molecule has 4 rings (SSSR count). The monoisotopic (exact) mass is 366 g/mol. The number of hydrogen-bond donors (Lipinski definition) is 2. The fourth-order valence-electron chi connectivity index (χ4n) is 3.65. The van der Waals surface area contributed by atoms with Crippen LogP contribution in [0.3, 0.4) is 0 Å². The molecule has 8 heteroatoms. The lowest BCUT2D eigenvalue weighted by atomic mass is 10.0. The van der Waals surface area contributed by atoms with Gasteiger partial charge in [0.15, 0.2) is 0 Å². The summed E-state index contributed by atoms with van der Waals surface area (Å²) < 4.78 is 0. The van der Waals surface area contributed by atoms with Gasteiger partial charge in [-0.2, -0.15) is 0 Å². The Balaban J connectivity index is 1.57. The quantitative estimate of drug-likeness (QED) is 0.840. The maximum atomic E-state index is 11.6. The number of amides is 3. The molecular weight excluding hydrogens is 344 g/mol. The molecule has 3 N–H and O–H groups in total. The van der Waals surface area contributed by atoms with E-state index in [1.54, 1.807) is 6.20 Å². The van der Waals surface area contributed by atoms with Gasteiger partial charge in [-0.3, -0.25) is 19.6 Å². The fourth-order valence-corrected chi connectivity index (χ4v) is 3.65. The maximum Gasteiger partial charge on any atom is 0.320 e. The molecule has 0 atom stereocenters. The van der Waals surface area contributed by atoms with Gasteiger partial charge in [0.25, 0.3) is 0 Å². The highest BCUT2D eigenvalue weighted by Crippen LogP contribution is 2.29. The van der Waals surface area contributed by atoms with Crippen LogP contribution in [-0.2, 0) is 17.8 Å². The number of nitrogens with two attached hydrogens (primary N) is 1. The van der Waals surface area contributed by atoms with Crippen molar-refractivity contribution in [3.8, 4) is 11.1 Å². The molecule has 0 unspecified atom stereocenters. The molecule has 8 nitrogen and oxygen atoms in total. The molecule has 0 aromatic carbocycles. The first kappa shape index (κ1) is 17.4. The van der Waals surface area contributed by atoms with E-state index in [0.29, 0.717) is 32.0 Å². The number of rotatable bonds is 3. The van der Waals surface area contributed by atoms with E-state index in [1.807, 2.05) is 12.4 Å². The summed E-state index contributed by atoms with van der Waals surface area (Å²) in [6.45, 7) is 3.21. The van der Waals surface area contributed by atoms with Crippen molar-refractivity contribution >= 4 is 17.8 Å². The van der Waals surface area contributed by atoms with Gasteiger partial charge in [-0.1, -0.05) is 0 Å². The molecule has 0 bridgehead atoms. The lowest BCUT2D eigenvalue weighted by Crippen LogP contribution is -2.47. The van der Waals surface area contributed by atoms with Crippen LogP contribution in [0, 0.1) is 0 Å². The molecule has 1 saturated heterocycles. The molecule has 1 fully saturated rings. The van der Waals surface area contributed by atoms with E-state index in [2.05, 4.69) is 32.3 Å². The average Bonchev–Trinajstić information content (AvgIpc) is 2.67. The van der Waals surface area contributed by atoms with Gasteiger partial charge in [-0.25, -0.2) is 9.78 Å². The number of aryl methyl sites for hydroxylation is 1. The van der Waals surface area contributed by atoms with Crippen LogP contribution < -0.4 is 16.0 Å². The van der Waals surface area contributed by atoms with E-state index in [1.165, 1.54) is 4.90 Å². The van der Waals surface area contributed by atoms with Gasteiger partial charge < -0.3 is 11.1 Å². The highest BCUT2D eigenvalue weighted by atomic mass is 16.2. The second-order valence-electron chi connectivity index (χ2n) is 6.94. The molecule has 27 heavy (non-hydrogen) atoms. The molecule has 2 aliphatic rings. The zero-order valence-electron chi connectivity index (χ0n) is 15.0. The van der Waals surface area contributed by atoms with E-state index < -0.39 is 6.03 Å². The number of nitrogens with zero attached hydrogens (tertiary/aromatic N) is 4. The summed E-state index contributed by atoms with van der Waals surface area (Å²) in [5, 5.41) is 2.83. The summed E-state index contributed by atoms with van der Waals surface area (Å²) in [5.74, 6) is 0.712. The van der Waals surface area contributed by atoms with Crippen LogP contribution in [0.15, 0.2) is 30.7 Å². The largest absolute Gasteiger partial charge is 0.354 e. The Morgan fingerprint density at radius 1 is 1.19 bits per heavy atom. The Morgan fingerprint density at radius 3 is 2.85 bits per heavy atom. The number of anilines is 1. The highest BCUT2D eigenvalue weighted by molar-refractivity contribution is 5.91. The fraction of sp³-hybridized carbons (Fsp3) is 0.368. The van der Waals surface area contributed by atoms with E-state index in [-0.39, 0.29) is 5.91 Å². The van der Waals surface area contributed by atoms with Crippen molar-refractivity contribution in [3.63, 3.8) is 0 Å². The number of piperazine rings is 1. The third kappa shape index (κ3) is 3.75. The zero-order valence-corrected chi connectivity index (χ0v) is 15.0. The summed E-state index contributed by atoms with van der Waals surface area (Å²) in [6.07, 6.45) is 7.14. The number of fused-ring (bicyclic) bond motifs is 1. The smallest absolute Gasteiger partial charge is 0.320 e. The standard InChI is InChI=1S/C19H22N6O2/c20-19(27)25-4-1-2-14-7-16(10-23-18(14)25)15-6-13(8-21-9-15)11-24-5-3-22-17(26)12-24/h6-10H,1-5,11-12H2,(H2,20,27)(H,22,26). The normalized spacial score (nSPS) is 17.3. The van der Waals surface area contributed by atoms with Gasteiger partial charge in [-0.05, 0) is 36.1 Å². The molecular formula is C19H22N6O2. The lowest BCUT2D eigenvalue weighted by Gasteiger charge is -2.27. The highest BCUT2D eigenvalue weighted by Gasteiger charge is 2.22. The second-order valence-corrected chi connectivity index (χ2v) is 6.94. The summed E-state index contributed by atoms with van der Waals surface area (Å²) in [6, 6.07) is 3.68. The van der Waals surface area contributed by atoms with Crippen molar-refractivity contribution in [1.82, 2.24) is 20.2 Å². The van der Waals surface area contributed by atoms with Gasteiger partial charge >= 0.3 is 6.03 Å². The van der Waals surface area contributed by atoms with Crippen molar-refractivity contribution in [2.24, 2.45) is 5.73 Å². The Hall–Kier alpha value is -3.00. The van der Waals surface area contributed by atoms with Crippen molar-refractivity contribution in [2.45, 2.75) is 19.4 Å². The number of aromatic nitrogens is 2. The lowest BCUT2D eigenvalue weighted by molar-refractivity contribution is -0.124. The number of carbonyl (C=O) groups excluding carboxylic acids is 2. The Morgan fingerprint density at radius 2 is 2.04 bits per heavy atom. The van der Waals surface area contributed by atoms with Crippen molar-refractivity contribution < 1.29 is 9.59 Å². The first-order valence-corrected chi connectivity index (χ1v) is 9.09. The topological polar surface area (TPSA) is 104 Å². The summed E-state index contributed by atoms with van der Waals surface area (Å²) in [4.78, 5) is 35.6. The minimum absolute atomic E-state index is 0.0586. The van der Waals surface area contributed by atoms with E-state index in [9.17, 15) is 9.59 Å². The molecule has 0 saturated carbocycles. The summed E-state index contributed by atoms with van der Waals surface area (Å²) in [5.41, 5.74) is 9.47. The first-order chi connectivity index (χ1) is 13.1. The van der Waals surface area contributed by atoms with Crippen LogP contribution in [0.5, 0.6) is 0 Å². The molecule has 4 heterocycles. The van der Waals surface area contributed by atoms with Gasteiger partial charge in [-0.15, -0.1) is 0 Å². The van der Waals surface area contributed by atoms with Crippen LogP contribution in [0.4, 0.5) is 10.6 Å². The first-order valence-electron chi connectivity index (χ1n) is 9.09. The van der Waals surface area contributed by atoms with E-state index in [0.717, 1.165) is 41.6 Å². The third-order valence-electron chi connectivity index (χ3n) is 4.94. The van der Waals surface area contributed by atoms with E-state index >= 15 is 0 Å². The zero-order chi connectivity index (χ0) is 18.8.